The maximum Gasteiger partial charge on any atom is 0.416 e. The summed E-state index contributed by atoms with van der Waals surface area (Å²) in [7, 11) is 1.77. The van der Waals surface area contributed by atoms with Gasteiger partial charge < -0.3 is 0 Å². The minimum atomic E-state index is -4.42. The van der Waals surface area contributed by atoms with Gasteiger partial charge in [-0.25, -0.2) is 4.57 Å². The molecule has 0 aliphatic heterocycles. The molecule has 128 valence electrons. The Bertz CT molecular complexity index is 867. The van der Waals surface area contributed by atoms with Gasteiger partial charge in [-0.05, 0) is 13.0 Å². The van der Waals surface area contributed by atoms with Crippen LogP contribution in [-0.4, -0.2) is 4.98 Å². The molecule has 0 aliphatic rings. The molecule has 6 heteroatoms. The zero-order valence-electron chi connectivity index (χ0n) is 14.2. The minimum absolute atomic E-state index is 0.514. The Morgan fingerprint density at radius 1 is 1.04 bits per heavy atom. The van der Waals surface area contributed by atoms with Gasteiger partial charge in [-0.1, -0.05) is 11.1 Å². The zero-order valence-corrected chi connectivity index (χ0v) is 14.2. The Labute approximate surface area is 144 Å². The van der Waals surface area contributed by atoms with Gasteiger partial charge in [-0.15, -0.1) is 0 Å². The monoisotopic (exact) mass is 345 g/mol. The molecule has 0 saturated heterocycles. The molecule has 3 aromatic rings. The van der Waals surface area contributed by atoms with Crippen LogP contribution < -0.4 is 9.13 Å². The molecule has 2 heterocycles. The van der Waals surface area contributed by atoms with Gasteiger partial charge in [0.2, 0.25) is 5.69 Å². The van der Waals surface area contributed by atoms with E-state index in [1.807, 2.05) is 26.0 Å². The third-order valence-electron chi connectivity index (χ3n) is 4.25. The fraction of sp³-hybridized carbons (Fsp3) is 0.211. The van der Waals surface area contributed by atoms with Crippen LogP contribution in [0.2, 0.25) is 0 Å². The number of aromatic nitrogens is 3. The average Bonchev–Trinajstić information content (AvgIpc) is 2.55. The lowest BCUT2D eigenvalue weighted by atomic mass is 9.98. The molecule has 3 nitrogen and oxygen atoms in total. The number of alkyl halides is 3. The molecule has 2 aromatic heterocycles. The molecule has 0 saturated carbocycles. The van der Waals surface area contributed by atoms with Crippen molar-refractivity contribution in [2.24, 2.45) is 7.05 Å². The number of rotatable bonds is 2. The fourth-order valence-electron chi connectivity index (χ4n) is 2.89. The zero-order chi connectivity index (χ0) is 18.2. The number of hydrogen-bond donors (Lipinski definition) is 0. The fourth-order valence-corrected chi connectivity index (χ4v) is 2.89. The Morgan fingerprint density at radius 2 is 1.80 bits per heavy atom. The van der Waals surface area contributed by atoms with Crippen molar-refractivity contribution in [1.29, 1.82) is 0 Å². The van der Waals surface area contributed by atoms with Gasteiger partial charge >= 0.3 is 6.18 Å². The van der Waals surface area contributed by atoms with Gasteiger partial charge in [0.05, 0.1) is 12.6 Å². The Kier molecular flexibility index (Phi) is 4.29. The second kappa shape index (κ2) is 6.27. The van der Waals surface area contributed by atoms with Crippen LogP contribution in [0, 0.1) is 13.8 Å². The van der Waals surface area contributed by atoms with E-state index in [0.717, 1.165) is 11.3 Å². The molecule has 0 aliphatic carbocycles. The standard InChI is InChI=1S/C19H18F3N3/c1-13-6-4-5-9-25(13)18-11-15(19(20,21)22)10-16(14(18)2)17-7-8-23-12-24(17)3/h4-12H,1-3H3/q+2. The molecule has 0 spiro atoms. The number of halogens is 3. The number of nitrogens with zero attached hydrogens (tertiary/aromatic N) is 3. The molecule has 1 aromatic carbocycles. The van der Waals surface area contributed by atoms with E-state index in [1.54, 1.807) is 47.0 Å². The number of hydrogen-bond acceptors (Lipinski definition) is 1. The summed E-state index contributed by atoms with van der Waals surface area (Å²) in [6.07, 6.45) is 0.505. The summed E-state index contributed by atoms with van der Waals surface area (Å²) in [5.74, 6) is 0. The summed E-state index contributed by atoms with van der Waals surface area (Å²) in [5, 5.41) is 0. The van der Waals surface area contributed by atoms with Gasteiger partial charge in [0, 0.05) is 42.3 Å². The quantitative estimate of drug-likeness (QED) is 0.651. The van der Waals surface area contributed by atoms with E-state index in [4.69, 9.17) is 0 Å². The maximum atomic E-state index is 13.5. The van der Waals surface area contributed by atoms with Crippen molar-refractivity contribution < 1.29 is 22.3 Å². The molecule has 0 amide bonds. The van der Waals surface area contributed by atoms with Crippen molar-refractivity contribution in [1.82, 2.24) is 4.98 Å². The first kappa shape index (κ1) is 17.1. The maximum absolute atomic E-state index is 13.5. The molecule has 0 unspecified atom stereocenters. The lowest BCUT2D eigenvalue weighted by molar-refractivity contribution is -0.663. The summed E-state index contributed by atoms with van der Waals surface area (Å²) in [5.41, 5.74) is 2.68. The van der Waals surface area contributed by atoms with Crippen molar-refractivity contribution in [3.05, 3.63) is 71.9 Å². The largest absolute Gasteiger partial charge is 0.416 e. The third kappa shape index (κ3) is 3.24. The van der Waals surface area contributed by atoms with Gasteiger partial charge in [0.1, 0.15) is 11.9 Å². The number of pyridine rings is 1. The first-order chi connectivity index (χ1) is 11.8. The van der Waals surface area contributed by atoms with E-state index < -0.39 is 11.7 Å². The van der Waals surface area contributed by atoms with Crippen LogP contribution in [0.1, 0.15) is 16.8 Å². The van der Waals surface area contributed by atoms with E-state index in [2.05, 4.69) is 4.98 Å². The lowest BCUT2D eigenvalue weighted by Crippen LogP contribution is -2.36. The Hall–Kier alpha value is -2.76. The normalized spacial score (nSPS) is 11.6. The summed E-state index contributed by atoms with van der Waals surface area (Å²) >= 11 is 0. The Morgan fingerprint density at radius 3 is 2.44 bits per heavy atom. The first-order valence-corrected chi connectivity index (χ1v) is 7.78. The summed E-state index contributed by atoms with van der Waals surface area (Å²) in [6.45, 7) is 3.70. The second-order valence-corrected chi connectivity index (χ2v) is 5.95. The van der Waals surface area contributed by atoms with E-state index in [9.17, 15) is 13.2 Å². The van der Waals surface area contributed by atoms with Crippen molar-refractivity contribution in [3.63, 3.8) is 0 Å². The third-order valence-corrected chi connectivity index (χ3v) is 4.25. The van der Waals surface area contributed by atoms with Crippen LogP contribution in [0.3, 0.4) is 0 Å². The highest BCUT2D eigenvalue weighted by atomic mass is 19.4. The van der Waals surface area contributed by atoms with E-state index in [0.29, 0.717) is 16.9 Å². The molecule has 0 radical (unpaired) electrons. The molecule has 25 heavy (non-hydrogen) atoms. The highest BCUT2D eigenvalue weighted by Crippen LogP contribution is 2.35. The SMILES string of the molecule is Cc1c(-c2ccnc[n+]2C)cc(C(F)(F)F)cc1-[n+]1ccccc1C. The van der Waals surface area contributed by atoms with Gasteiger partial charge in [-0.2, -0.15) is 17.7 Å². The molecule has 3 rings (SSSR count). The van der Waals surface area contributed by atoms with Crippen molar-refractivity contribution >= 4 is 0 Å². The minimum Gasteiger partial charge on any atom is -0.233 e. The second-order valence-electron chi connectivity index (χ2n) is 5.95. The van der Waals surface area contributed by atoms with Gasteiger partial charge in [0.25, 0.3) is 6.33 Å². The molecule has 0 fully saturated rings. The van der Waals surface area contributed by atoms with Crippen molar-refractivity contribution in [2.45, 2.75) is 20.0 Å². The van der Waals surface area contributed by atoms with Crippen molar-refractivity contribution in [2.75, 3.05) is 0 Å². The van der Waals surface area contributed by atoms with Gasteiger partial charge in [-0.3, -0.25) is 0 Å². The van der Waals surface area contributed by atoms with Gasteiger partial charge in [0.15, 0.2) is 11.9 Å². The van der Waals surface area contributed by atoms with Crippen LogP contribution in [0.4, 0.5) is 13.2 Å². The summed E-state index contributed by atoms with van der Waals surface area (Å²) in [6, 6.07) is 9.65. The topological polar surface area (TPSA) is 20.6 Å². The number of benzene rings is 1. The molecular weight excluding hydrogens is 327 g/mol. The van der Waals surface area contributed by atoms with E-state index in [-0.39, 0.29) is 0 Å². The number of aryl methyl sites for hydroxylation is 2. The highest BCUT2D eigenvalue weighted by Gasteiger charge is 2.34. The molecule has 0 N–H and O–H groups in total. The van der Waals surface area contributed by atoms with Crippen LogP contribution in [-0.2, 0) is 13.2 Å². The van der Waals surface area contributed by atoms with Crippen LogP contribution in [0.5, 0.6) is 0 Å². The smallest absolute Gasteiger partial charge is 0.233 e. The lowest BCUT2D eigenvalue weighted by Gasteiger charge is -2.13. The van der Waals surface area contributed by atoms with Crippen molar-refractivity contribution in [3.8, 4) is 16.9 Å². The Balaban J connectivity index is 2.35. The highest BCUT2D eigenvalue weighted by molar-refractivity contribution is 5.66. The summed E-state index contributed by atoms with van der Waals surface area (Å²) in [4.78, 5) is 4.00. The predicted molar refractivity (Wildman–Crippen MR) is 86.9 cm³/mol. The molecular formula is C19H18F3N3+2. The van der Waals surface area contributed by atoms with E-state index in [1.165, 1.54) is 12.1 Å². The average molecular weight is 345 g/mol. The van der Waals surface area contributed by atoms with Crippen LogP contribution in [0.25, 0.3) is 16.9 Å². The van der Waals surface area contributed by atoms with Crippen LogP contribution in [0.15, 0.2) is 55.1 Å². The van der Waals surface area contributed by atoms with Crippen LogP contribution >= 0.6 is 0 Å². The molecule has 0 atom stereocenters. The predicted octanol–water partition coefficient (Wildman–Crippen LogP) is 3.49. The summed E-state index contributed by atoms with van der Waals surface area (Å²) < 4.78 is 43.9. The van der Waals surface area contributed by atoms with E-state index >= 15 is 0 Å². The first-order valence-electron chi connectivity index (χ1n) is 7.78. The molecule has 0 bridgehead atoms.